The van der Waals surface area contributed by atoms with Crippen molar-refractivity contribution in [3.05, 3.63) is 72.9 Å². The average Bonchev–Trinajstić information content (AvgIpc) is 3.33. The SMILES string of the molecule is CC/C=C\C/C=C\C/C=C\C/C=C\C/C=C\CCCC(=O)OC(COC(=O)CCCCC/C=C\CCCCCCCC)COC(=O)CCCCCCCCCCCCCCCCCCCCC. The molecule has 0 fully saturated rings. The Morgan fingerprint density at radius 1 is 0.313 bits per heavy atom. The smallest absolute Gasteiger partial charge is 0.306 e. The van der Waals surface area contributed by atoms with Crippen LogP contribution in [-0.2, 0) is 28.6 Å². The molecule has 0 aromatic heterocycles. The van der Waals surface area contributed by atoms with Crippen molar-refractivity contribution < 1.29 is 28.6 Å². The minimum absolute atomic E-state index is 0.100. The molecule has 0 rings (SSSR count). The van der Waals surface area contributed by atoms with Crippen LogP contribution in [0.15, 0.2) is 72.9 Å². The molecule has 0 heterocycles. The Balaban J connectivity index is 4.43. The van der Waals surface area contributed by atoms with E-state index in [2.05, 4.69) is 93.7 Å². The van der Waals surface area contributed by atoms with E-state index in [0.717, 1.165) is 89.9 Å². The summed E-state index contributed by atoms with van der Waals surface area (Å²) >= 11 is 0. The van der Waals surface area contributed by atoms with Crippen LogP contribution in [0.25, 0.3) is 0 Å². The molecule has 6 heteroatoms. The lowest BCUT2D eigenvalue weighted by Gasteiger charge is -2.18. The molecule has 0 amide bonds. The van der Waals surface area contributed by atoms with Gasteiger partial charge in [0.1, 0.15) is 13.2 Å². The summed E-state index contributed by atoms with van der Waals surface area (Å²) in [6.45, 7) is 6.48. The van der Waals surface area contributed by atoms with E-state index in [1.165, 1.54) is 141 Å². The molecule has 1 atom stereocenters. The first-order valence-corrected chi connectivity index (χ1v) is 28.4. The summed E-state index contributed by atoms with van der Waals surface area (Å²) in [5.74, 6) is -0.968. The Morgan fingerprint density at radius 2 is 0.597 bits per heavy atom. The van der Waals surface area contributed by atoms with Crippen molar-refractivity contribution in [1.82, 2.24) is 0 Å². The highest BCUT2D eigenvalue weighted by molar-refractivity contribution is 5.71. The quantitative estimate of drug-likeness (QED) is 0.0262. The molecule has 1 unspecified atom stereocenters. The summed E-state index contributed by atoms with van der Waals surface area (Å²) in [5.41, 5.74) is 0. The lowest BCUT2D eigenvalue weighted by Crippen LogP contribution is -2.30. The van der Waals surface area contributed by atoms with Crippen molar-refractivity contribution in [2.45, 2.75) is 284 Å². The maximum atomic E-state index is 12.8. The molecule has 0 aliphatic heterocycles. The second-order valence-electron chi connectivity index (χ2n) is 18.8. The van der Waals surface area contributed by atoms with E-state index in [9.17, 15) is 14.4 Å². The molecule has 0 aliphatic carbocycles. The lowest BCUT2D eigenvalue weighted by molar-refractivity contribution is -0.167. The van der Waals surface area contributed by atoms with Gasteiger partial charge in [-0.05, 0) is 83.5 Å². The standard InChI is InChI=1S/C61H106O6/c1-4-7-10-13-16-19-22-25-27-29-30-32-33-36-39-42-45-48-51-54-60(63)66-57-58(56-65-59(62)53-50-47-44-41-38-35-24-21-18-15-12-9-6-3)67-61(64)55-52-49-46-43-40-37-34-31-28-26-23-20-17-14-11-8-5-2/h8,11,17,20,26,28,34-35,37-38,43,46,58H,4-7,9-10,12-16,18-19,21-25,27,29-33,36,39-42,44-45,47-57H2,1-3H3/b11-8-,20-17-,28-26-,37-34-,38-35-,46-43-. The number of allylic oxidation sites excluding steroid dienone is 12. The number of unbranched alkanes of at least 4 members (excludes halogenated alkanes) is 28. The van der Waals surface area contributed by atoms with Crippen molar-refractivity contribution in [2.75, 3.05) is 13.2 Å². The van der Waals surface area contributed by atoms with E-state index in [0.29, 0.717) is 19.3 Å². The van der Waals surface area contributed by atoms with Gasteiger partial charge in [-0.2, -0.15) is 0 Å². The number of carbonyl (C=O) groups excluding carboxylic acids is 3. The number of esters is 3. The van der Waals surface area contributed by atoms with Gasteiger partial charge in [-0.25, -0.2) is 0 Å². The molecule has 0 aromatic rings. The normalized spacial score (nSPS) is 12.6. The van der Waals surface area contributed by atoms with Gasteiger partial charge in [-0.3, -0.25) is 14.4 Å². The van der Waals surface area contributed by atoms with Gasteiger partial charge in [-0.1, -0.05) is 248 Å². The Bertz CT molecular complexity index is 1260. The minimum atomic E-state index is -0.809. The van der Waals surface area contributed by atoms with Gasteiger partial charge >= 0.3 is 17.9 Å². The lowest BCUT2D eigenvalue weighted by atomic mass is 10.0. The maximum absolute atomic E-state index is 12.8. The Hall–Kier alpha value is -3.15. The summed E-state index contributed by atoms with van der Waals surface area (Å²) in [4.78, 5) is 38.1. The zero-order valence-corrected chi connectivity index (χ0v) is 44.2. The van der Waals surface area contributed by atoms with Crippen molar-refractivity contribution >= 4 is 17.9 Å². The maximum Gasteiger partial charge on any atom is 0.306 e. The van der Waals surface area contributed by atoms with Gasteiger partial charge in [0.25, 0.3) is 0 Å². The molecule has 0 aromatic carbocycles. The van der Waals surface area contributed by atoms with Crippen LogP contribution in [0.3, 0.4) is 0 Å². The predicted octanol–water partition coefficient (Wildman–Crippen LogP) is 19.0. The largest absolute Gasteiger partial charge is 0.462 e. The average molecular weight is 936 g/mol. The molecule has 6 nitrogen and oxygen atoms in total. The van der Waals surface area contributed by atoms with Crippen molar-refractivity contribution in [1.29, 1.82) is 0 Å². The van der Waals surface area contributed by atoms with Gasteiger partial charge in [-0.15, -0.1) is 0 Å². The van der Waals surface area contributed by atoms with Crippen molar-refractivity contribution in [2.24, 2.45) is 0 Å². The number of hydrogen-bond acceptors (Lipinski definition) is 6. The highest BCUT2D eigenvalue weighted by atomic mass is 16.6. The van der Waals surface area contributed by atoms with E-state index >= 15 is 0 Å². The van der Waals surface area contributed by atoms with Gasteiger partial charge in [0.2, 0.25) is 0 Å². The fraction of sp³-hybridized carbons (Fsp3) is 0.754. The third kappa shape index (κ3) is 53.7. The summed E-state index contributed by atoms with van der Waals surface area (Å²) in [6, 6.07) is 0. The minimum Gasteiger partial charge on any atom is -0.462 e. The predicted molar refractivity (Wildman–Crippen MR) is 288 cm³/mol. The molecule has 0 aliphatic rings. The number of rotatable bonds is 51. The zero-order valence-electron chi connectivity index (χ0n) is 44.2. The topological polar surface area (TPSA) is 78.9 Å². The van der Waals surface area contributed by atoms with E-state index < -0.39 is 6.10 Å². The zero-order chi connectivity index (χ0) is 48.6. The molecule has 0 spiro atoms. The first-order valence-electron chi connectivity index (χ1n) is 28.4. The molecule has 67 heavy (non-hydrogen) atoms. The number of hydrogen-bond donors (Lipinski definition) is 0. The first kappa shape index (κ1) is 63.8. The Kier molecular flexibility index (Phi) is 52.8. The van der Waals surface area contributed by atoms with Crippen LogP contribution in [0.5, 0.6) is 0 Å². The fourth-order valence-electron chi connectivity index (χ4n) is 7.94. The van der Waals surface area contributed by atoms with E-state index in [1.807, 2.05) is 0 Å². The van der Waals surface area contributed by atoms with Crippen LogP contribution in [0.2, 0.25) is 0 Å². The second-order valence-corrected chi connectivity index (χ2v) is 18.8. The molecule has 386 valence electrons. The Labute approximate surface area is 414 Å². The third-order valence-corrected chi connectivity index (χ3v) is 12.2. The number of carbonyl (C=O) groups is 3. The van der Waals surface area contributed by atoms with Gasteiger partial charge < -0.3 is 14.2 Å². The monoisotopic (exact) mass is 935 g/mol. The summed E-state index contributed by atoms with van der Waals surface area (Å²) in [5, 5.41) is 0. The molecule has 0 radical (unpaired) electrons. The summed E-state index contributed by atoms with van der Waals surface area (Å²) in [7, 11) is 0. The van der Waals surface area contributed by atoms with Crippen molar-refractivity contribution in [3.8, 4) is 0 Å². The van der Waals surface area contributed by atoms with Crippen LogP contribution >= 0.6 is 0 Å². The summed E-state index contributed by atoms with van der Waals surface area (Å²) < 4.78 is 16.8. The van der Waals surface area contributed by atoms with E-state index in [1.54, 1.807) is 0 Å². The van der Waals surface area contributed by atoms with Gasteiger partial charge in [0.05, 0.1) is 0 Å². The van der Waals surface area contributed by atoms with Gasteiger partial charge in [0, 0.05) is 19.3 Å². The van der Waals surface area contributed by atoms with E-state index in [-0.39, 0.29) is 37.5 Å². The van der Waals surface area contributed by atoms with Crippen LogP contribution < -0.4 is 0 Å². The molecule has 0 saturated heterocycles. The molecular weight excluding hydrogens is 829 g/mol. The van der Waals surface area contributed by atoms with Gasteiger partial charge in [0.15, 0.2) is 6.10 Å². The summed E-state index contributed by atoms with van der Waals surface area (Å²) in [6.07, 6.45) is 70.5. The Morgan fingerprint density at radius 3 is 0.985 bits per heavy atom. The molecule has 0 N–H and O–H groups in total. The second kappa shape index (κ2) is 55.4. The fourth-order valence-corrected chi connectivity index (χ4v) is 7.94. The number of ether oxygens (including phenoxy) is 3. The van der Waals surface area contributed by atoms with E-state index in [4.69, 9.17) is 14.2 Å². The highest BCUT2D eigenvalue weighted by Crippen LogP contribution is 2.16. The molecule has 0 saturated carbocycles. The first-order chi connectivity index (χ1) is 33.0. The van der Waals surface area contributed by atoms with Crippen molar-refractivity contribution in [3.63, 3.8) is 0 Å². The van der Waals surface area contributed by atoms with Crippen LogP contribution in [0.4, 0.5) is 0 Å². The molecule has 0 bridgehead atoms. The highest BCUT2D eigenvalue weighted by Gasteiger charge is 2.19. The van der Waals surface area contributed by atoms with Crippen LogP contribution in [0, 0.1) is 0 Å². The van der Waals surface area contributed by atoms with Crippen LogP contribution in [0.1, 0.15) is 278 Å². The molecular formula is C61H106O6. The van der Waals surface area contributed by atoms with Crippen LogP contribution in [-0.4, -0.2) is 37.2 Å². The third-order valence-electron chi connectivity index (χ3n) is 12.2.